The zero-order valence-corrected chi connectivity index (χ0v) is 14.9. The Hall–Kier alpha value is -3.02. The van der Waals surface area contributed by atoms with E-state index in [4.69, 9.17) is 9.15 Å². The fourth-order valence-corrected chi connectivity index (χ4v) is 2.58. The molecule has 0 aliphatic heterocycles. The average molecular weight is 421 g/mol. The van der Waals surface area contributed by atoms with Crippen LogP contribution in [0.3, 0.4) is 0 Å². The SMILES string of the molecule is C=CCOC(=O)NCCc1cc(=O)oc2cc(OS(=O)(=O)C(F)(F)F)ccc12. The topological polar surface area (TPSA) is 112 Å². The van der Waals surface area contributed by atoms with Crippen LogP contribution in [0, 0.1) is 0 Å². The van der Waals surface area contributed by atoms with E-state index in [1.165, 1.54) is 12.1 Å². The summed E-state index contributed by atoms with van der Waals surface area (Å²) in [6, 6.07) is 4.23. The van der Waals surface area contributed by atoms with Crippen LogP contribution in [0.2, 0.25) is 0 Å². The van der Waals surface area contributed by atoms with Crippen LogP contribution in [0.25, 0.3) is 11.0 Å². The number of fused-ring (bicyclic) bond motifs is 1. The Bertz CT molecular complexity index is 1040. The lowest BCUT2D eigenvalue weighted by Crippen LogP contribution is -2.28. The summed E-state index contributed by atoms with van der Waals surface area (Å²) in [5.74, 6) is -0.670. The van der Waals surface area contributed by atoms with Crippen molar-refractivity contribution in [3.63, 3.8) is 0 Å². The van der Waals surface area contributed by atoms with Crippen molar-refractivity contribution in [3.05, 3.63) is 52.9 Å². The predicted octanol–water partition coefficient (Wildman–Crippen LogP) is 2.48. The molecule has 0 fully saturated rings. The number of hydrogen-bond donors (Lipinski definition) is 1. The zero-order chi connectivity index (χ0) is 20.9. The first-order valence-electron chi connectivity index (χ1n) is 7.62. The van der Waals surface area contributed by atoms with Gasteiger partial charge in [-0.1, -0.05) is 12.7 Å². The van der Waals surface area contributed by atoms with Crippen LogP contribution in [-0.2, 0) is 21.3 Å². The molecule has 0 aliphatic rings. The maximum atomic E-state index is 12.4. The summed E-state index contributed by atoms with van der Waals surface area (Å²) in [5, 5.41) is 2.77. The van der Waals surface area contributed by atoms with Gasteiger partial charge in [-0.3, -0.25) is 0 Å². The fourth-order valence-electron chi connectivity index (χ4n) is 2.13. The Morgan fingerprint density at radius 1 is 1.29 bits per heavy atom. The molecule has 1 heterocycles. The molecule has 0 unspecified atom stereocenters. The number of carbonyl (C=O) groups excluding carboxylic acids is 1. The van der Waals surface area contributed by atoms with Gasteiger partial charge in [0.15, 0.2) is 0 Å². The molecule has 28 heavy (non-hydrogen) atoms. The number of hydrogen-bond acceptors (Lipinski definition) is 7. The number of rotatable bonds is 7. The molecule has 1 amide bonds. The van der Waals surface area contributed by atoms with Gasteiger partial charge in [0.1, 0.15) is 17.9 Å². The van der Waals surface area contributed by atoms with Gasteiger partial charge < -0.3 is 18.7 Å². The van der Waals surface area contributed by atoms with Crippen molar-refractivity contribution in [3.8, 4) is 5.75 Å². The lowest BCUT2D eigenvalue weighted by atomic mass is 10.1. The highest BCUT2D eigenvalue weighted by Crippen LogP contribution is 2.29. The van der Waals surface area contributed by atoms with E-state index in [1.807, 2.05) is 0 Å². The third-order valence-corrected chi connectivity index (χ3v) is 4.27. The standard InChI is InChI=1S/C16H14F3NO7S/c1-2-7-25-15(22)20-6-5-10-8-14(21)26-13-9-11(3-4-12(10)13)27-28(23,24)16(17,18)19/h2-4,8-9H,1,5-7H2,(H,20,22). The molecule has 1 aromatic heterocycles. The Morgan fingerprint density at radius 3 is 2.64 bits per heavy atom. The molecule has 152 valence electrons. The van der Waals surface area contributed by atoms with E-state index in [2.05, 4.69) is 16.1 Å². The lowest BCUT2D eigenvalue weighted by Gasteiger charge is -2.11. The first kappa shape index (κ1) is 21.3. The second-order valence-corrected chi connectivity index (χ2v) is 6.83. The lowest BCUT2D eigenvalue weighted by molar-refractivity contribution is -0.0500. The van der Waals surface area contributed by atoms with E-state index in [9.17, 15) is 31.2 Å². The summed E-state index contributed by atoms with van der Waals surface area (Å²) in [4.78, 5) is 23.0. The highest BCUT2D eigenvalue weighted by atomic mass is 32.2. The van der Waals surface area contributed by atoms with Gasteiger partial charge in [0.25, 0.3) is 0 Å². The van der Waals surface area contributed by atoms with Crippen LogP contribution in [-0.4, -0.2) is 33.2 Å². The van der Waals surface area contributed by atoms with Crippen molar-refractivity contribution in [2.24, 2.45) is 0 Å². The quantitative estimate of drug-likeness (QED) is 0.316. The van der Waals surface area contributed by atoms with E-state index in [-0.39, 0.29) is 25.2 Å². The minimum atomic E-state index is -5.86. The first-order valence-corrected chi connectivity index (χ1v) is 9.03. The molecule has 2 aromatic rings. The fraction of sp³-hybridized carbons (Fsp3) is 0.250. The summed E-state index contributed by atoms with van der Waals surface area (Å²) in [5.41, 5.74) is -6.17. The number of alkyl carbamates (subject to hydrolysis) is 1. The molecular weight excluding hydrogens is 407 g/mol. The summed E-state index contributed by atoms with van der Waals surface area (Å²) >= 11 is 0. The number of carbonyl (C=O) groups is 1. The van der Waals surface area contributed by atoms with Crippen molar-refractivity contribution >= 4 is 27.2 Å². The van der Waals surface area contributed by atoms with Gasteiger partial charge in [0.05, 0.1) is 0 Å². The van der Waals surface area contributed by atoms with Gasteiger partial charge in [0, 0.05) is 24.1 Å². The Kier molecular flexibility index (Phi) is 6.33. The van der Waals surface area contributed by atoms with Gasteiger partial charge in [-0.25, -0.2) is 9.59 Å². The summed E-state index contributed by atoms with van der Waals surface area (Å²) in [7, 11) is -5.86. The van der Waals surface area contributed by atoms with Crippen LogP contribution in [0.1, 0.15) is 5.56 Å². The van der Waals surface area contributed by atoms with Crippen LogP contribution in [0.5, 0.6) is 5.75 Å². The molecule has 0 bridgehead atoms. The summed E-state index contributed by atoms with van der Waals surface area (Å²) in [6.45, 7) is 3.50. The van der Waals surface area contributed by atoms with E-state index < -0.39 is 33.1 Å². The largest absolute Gasteiger partial charge is 0.534 e. The normalized spacial score (nSPS) is 11.8. The smallest absolute Gasteiger partial charge is 0.445 e. The minimum absolute atomic E-state index is 0.0211. The van der Waals surface area contributed by atoms with E-state index >= 15 is 0 Å². The van der Waals surface area contributed by atoms with E-state index in [0.717, 1.165) is 18.2 Å². The highest BCUT2D eigenvalue weighted by Gasteiger charge is 2.48. The Balaban J connectivity index is 2.22. The number of benzene rings is 1. The molecular formula is C16H14F3NO7S. The molecule has 1 aromatic carbocycles. The second-order valence-electron chi connectivity index (χ2n) is 5.30. The number of ether oxygens (including phenoxy) is 1. The number of halogens is 3. The van der Waals surface area contributed by atoms with Gasteiger partial charge >= 0.3 is 27.3 Å². The molecule has 0 atom stereocenters. The number of amides is 1. The minimum Gasteiger partial charge on any atom is -0.445 e. The zero-order valence-electron chi connectivity index (χ0n) is 14.1. The molecule has 8 nitrogen and oxygen atoms in total. The monoisotopic (exact) mass is 421 g/mol. The maximum absolute atomic E-state index is 12.4. The van der Waals surface area contributed by atoms with Gasteiger partial charge in [-0.15, -0.1) is 0 Å². The van der Waals surface area contributed by atoms with Crippen molar-refractivity contribution in [1.29, 1.82) is 0 Å². The van der Waals surface area contributed by atoms with Crippen LogP contribution in [0.4, 0.5) is 18.0 Å². The summed E-state index contributed by atoms with van der Waals surface area (Å²) in [6.07, 6.45) is 0.862. The van der Waals surface area contributed by atoms with Gasteiger partial charge in [-0.2, -0.15) is 21.6 Å². The molecule has 2 rings (SSSR count). The molecule has 0 spiro atoms. The van der Waals surface area contributed by atoms with Crippen LogP contribution < -0.4 is 15.1 Å². The maximum Gasteiger partial charge on any atom is 0.534 e. The van der Waals surface area contributed by atoms with Gasteiger partial charge in [0.2, 0.25) is 0 Å². The van der Waals surface area contributed by atoms with Crippen LogP contribution >= 0.6 is 0 Å². The molecule has 0 aliphatic carbocycles. The van der Waals surface area contributed by atoms with Crippen LogP contribution in [0.15, 0.2) is 46.1 Å². The predicted molar refractivity (Wildman–Crippen MR) is 91.3 cm³/mol. The molecule has 0 radical (unpaired) electrons. The number of alkyl halides is 3. The van der Waals surface area contributed by atoms with Crippen molar-refractivity contribution in [2.75, 3.05) is 13.2 Å². The molecule has 0 saturated heterocycles. The third-order valence-electron chi connectivity index (χ3n) is 3.29. The molecule has 0 saturated carbocycles. The molecule has 1 N–H and O–H groups in total. The Morgan fingerprint density at radius 2 is 2.00 bits per heavy atom. The summed E-state index contributed by atoms with van der Waals surface area (Å²) < 4.78 is 73.0. The first-order chi connectivity index (χ1) is 13.0. The Labute approximate surface area is 156 Å². The molecule has 12 heteroatoms. The highest BCUT2D eigenvalue weighted by molar-refractivity contribution is 7.88. The third kappa shape index (κ3) is 5.25. The van der Waals surface area contributed by atoms with Crippen molar-refractivity contribution in [1.82, 2.24) is 5.32 Å². The van der Waals surface area contributed by atoms with Gasteiger partial charge in [-0.05, 0) is 24.1 Å². The second kappa shape index (κ2) is 8.33. The average Bonchev–Trinajstić information content (AvgIpc) is 2.58. The number of nitrogens with one attached hydrogen (secondary N) is 1. The van der Waals surface area contributed by atoms with Crippen molar-refractivity contribution in [2.45, 2.75) is 11.9 Å². The van der Waals surface area contributed by atoms with E-state index in [1.54, 1.807) is 0 Å². The van der Waals surface area contributed by atoms with Crippen molar-refractivity contribution < 1.29 is 39.7 Å². The van der Waals surface area contributed by atoms with E-state index in [0.29, 0.717) is 10.9 Å².